The van der Waals surface area contributed by atoms with Gasteiger partial charge >= 0.3 is 0 Å². The molecule has 3 aromatic heterocycles. The van der Waals surface area contributed by atoms with Crippen molar-refractivity contribution in [1.29, 1.82) is 10.5 Å². The number of rotatable bonds is 12. The van der Waals surface area contributed by atoms with Crippen LogP contribution in [0.2, 0.25) is 0 Å². The van der Waals surface area contributed by atoms with Gasteiger partial charge in [-0.2, -0.15) is 10.5 Å². The van der Waals surface area contributed by atoms with Crippen molar-refractivity contribution in [2.24, 2.45) is 0 Å². The fourth-order valence-electron chi connectivity index (χ4n) is 13.9. The van der Waals surface area contributed by atoms with Crippen molar-refractivity contribution >= 4 is 49.3 Å². The molecule has 0 unspecified atom stereocenters. The Kier molecular flexibility index (Phi) is 14.5. The highest BCUT2D eigenvalue weighted by Crippen LogP contribution is 2.45. The van der Waals surface area contributed by atoms with Crippen LogP contribution in [0.5, 0.6) is 0 Å². The minimum Gasteiger partial charge on any atom is -0.308 e. The quantitative estimate of drug-likeness (QED) is 0.113. The number of hydrogen-bond acceptors (Lipinski definition) is 5. The molecule has 0 aliphatic carbocycles. The number of nitriles is 2. The molecule has 17 aromatic rings. The molecular formula is C90H54N8. The van der Waals surface area contributed by atoms with E-state index in [4.69, 9.17) is 21.5 Å². The molecule has 8 nitrogen and oxygen atoms in total. The molecule has 0 amide bonds. The summed E-state index contributed by atoms with van der Waals surface area (Å²) in [6.07, 6.45) is 0. The van der Waals surface area contributed by atoms with Crippen LogP contribution in [0, 0.1) is 29.2 Å². The SMILES string of the molecule is [C-]#[N+]c1cccc(-c2ccc(-n3c4ccc(-c5ccccc5)cc4c4cc(-c5ccccc5)ccc43)c(-c3nc(-c4ccc(-c5ccccc5C#N)cc4)nc(-c4cc(-c5cccc(C#N)c5)ccc4-n4c5ccc(-c6ccccc6)cc5c5cc(-c6ccccc6)ccc54)n3)c2)c1. The highest BCUT2D eigenvalue weighted by molar-refractivity contribution is 6.14. The number of fused-ring (bicyclic) bond motifs is 6. The zero-order chi connectivity index (χ0) is 65.6. The molecule has 0 N–H and O–H groups in total. The fraction of sp³-hybridized carbons (Fsp3) is 0. The van der Waals surface area contributed by atoms with Gasteiger partial charge < -0.3 is 9.13 Å². The van der Waals surface area contributed by atoms with Crippen LogP contribution in [-0.4, -0.2) is 24.1 Å². The van der Waals surface area contributed by atoms with Crippen molar-refractivity contribution in [3.63, 3.8) is 0 Å². The lowest BCUT2D eigenvalue weighted by molar-refractivity contribution is 1.06. The number of hydrogen-bond donors (Lipinski definition) is 0. The molecule has 0 spiro atoms. The molecule has 0 bridgehead atoms. The van der Waals surface area contributed by atoms with Crippen molar-refractivity contribution < 1.29 is 0 Å². The Labute approximate surface area is 566 Å². The zero-order valence-electron chi connectivity index (χ0n) is 52.8. The highest BCUT2D eigenvalue weighted by Gasteiger charge is 2.25. The van der Waals surface area contributed by atoms with Crippen LogP contribution in [0.4, 0.5) is 5.69 Å². The summed E-state index contributed by atoms with van der Waals surface area (Å²) in [6.45, 7) is 8.10. The second kappa shape index (κ2) is 24.6. The van der Waals surface area contributed by atoms with E-state index in [1.54, 1.807) is 0 Å². The summed E-state index contributed by atoms with van der Waals surface area (Å²) in [5.74, 6) is 1.23. The van der Waals surface area contributed by atoms with Gasteiger partial charge in [0.15, 0.2) is 23.2 Å². The first-order chi connectivity index (χ1) is 48.4. The zero-order valence-corrected chi connectivity index (χ0v) is 52.8. The van der Waals surface area contributed by atoms with Gasteiger partial charge in [0.05, 0.1) is 63.3 Å². The van der Waals surface area contributed by atoms with E-state index in [0.717, 1.165) is 144 Å². The molecule has 8 heteroatoms. The molecular weight excluding hydrogens is 1190 g/mol. The first-order valence-electron chi connectivity index (χ1n) is 32.4. The van der Waals surface area contributed by atoms with E-state index < -0.39 is 0 Å². The van der Waals surface area contributed by atoms with Crippen LogP contribution in [0.3, 0.4) is 0 Å². The van der Waals surface area contributed by atoms with Crippen molar-refractivity contribution in [1.82, 2.24) is 24.1 Å². The summed E-state index contributed by atoms with van der Waals surface area (Å²) in [5.41, 5.74) is 23.4. The van der Waals surface area contributed by atoms with Crippen LogP contribution < -0.4 is 0 Å². The minimum atomic E-state index is 0.405. The topological polar surface area (TPSA) is 100 Å². The maximum absolute atomic E-state index is 10.3. The van der Waals surface area contributed by atoms with Crippen LogP contribution in [0.1, 0.15) is 11.1 Å². The average molecular weight is 1250 g/mol. The van der Waals surface area contributed by atoms with Crippen molar-refractivity contribution in [3.8, 4) is 136 Å². The Morgan fingerprint density at radius 1 is 0.265 bits per heavy atom. The van der Waals surface area contributed by atoms with Crippen LogP contribution in [-0.2, 0) is 0 Å². The molecule has 0 aliphatic heterocycles. The van der Waals surface area contributed by atoms with Crippen molar-refractivity contribution in [2.45, 2.75) is 0 Å². The van der Waals surface area contributed by atoms with Crippen molar-refractivity contribution in [2.75, 3.05) is 0 Å². The standard InChI is InChI=1S/C90H54N8/c1-93-74-30-17-29-66(49-74)72-41-47-87(98-84-44-38-69(61-23-10-4-11-24-61)52-78(84)79-53-70(39-45-85(79)98)62-25-12-5-13-26-62)81(55-72)90-95-88(64-34-32-63(33-35-64)75-31-15-14-27-73(75)57-92)94-89(96-90)80-54-71(65-28-16-18-58(48-65)56-91)40-46-86(80)97-82-42-36-67(59-19-6-2-7-20-59)50-76(82)77-51-68(37-43-83(77)97)60-21-8-3-9-22-60/h2-55H. The molecule has 454 valence electrons. The highest BCUT2D eigenvalue weighted by atomic mass is 15.1. The summed E-state index contributed by atoms with van der Waals surface area (Å²) in [7, 11) is 0. The lowest BCUT2D eigenvalue weighted by Gasteiger charge is -2.18. The summed E-state index contributed by atoms with van der Waals surface area (Å²) >= 11 is 0. The van der Waals surface area contributed by atoms with Crippen LogP contribution in [0.25, 0.3) is 172 Å². The predicted octanol–water partition coefficient (Wildman–Crippen LogP) is 23.0. The van der Waals surface area contributed by atoms with E-state index >= 15 is 0 Å². The Bertz CT molecular complexity index is 5610. The van der Waals surface area contributed by atoms with Gasteiger partial charge in [0.1, 0.15) is 0 Å². The summed E-state index contributed by atoms with van der Waals surface area (Å²) in [4.78, 5) is 21.0. The Balaban J connectivity index is 0.966. The normalized spacial score (nSPS) is 11.2. The van der Waals surface area contributed by atoms with Gasteiger partial charge in [-0.3, -0.25) is 0 Å². The van der Waals surface area contributed by atoms with Gasteiger partial charge in [0.25, 0.3) is 0 Å². The largest absolute Gasteiger partial charge is 0.308 e. The summed E-state index contributed by atoms with van der Waals surface area (Å²) in [6, 6.07) is 118. The van der Waals surface area contributed by atoms with Gasteiger partial charge in [-0.1, -0.05) is 231 Å². The lowest BCUT2D eigenvalue weighted by Crippen LogP contribution is -2.06. The van der Waals surface area contributed by atoms with E-state index in [1.165, 1.54) is 0 Å². The fourth-order valence-corrected chi connectivity index (χ4v) is 13.9. The number of benzene rings is 14. The van der Waals surface area contributed by atoms with Gasteiger partial charge in [-0.05, 0) is 175 Å². The van der Waals surface area contributed by atoms with E-state index in [1.807, 2.05) is 121 Å². The Morgan fingerprint density at radius 2 is 0.612 bits per heavy atom. The molecule has 0 radical (unpaired) electrons. The monoisotopic (exact) mass is 1250 g/mol. The molecule has 0 saturated heterocycles. The van der Waals surface area contributed by atoms with E-state index in [-0.39, 0.29) is 0 Å². The third-order valence-corrected chi connectivity index (χ3v) is 18.7. The first kappa shape index (κ1) is 58.0. The second-order valence-corrected chi connectivity index (χ2v) is 24.4. The Morgan fingerprint density at radius 3 is 1.04 bits per heavy atom. The molecule has 17 rings (SSSR count). The third-order valence-electron chi connectivity index (χ3n) is 18.7. The molecule has 98 heavy (non-hydrogen) atoms. The van der Waals surface area contributed by atoms with Crippen LogP contribution >= 0.6 is 0 Å². The number of nitrogens with zero attached hydrogens (tertiary/aromatic N) is 8. The molecule has 0 saturated carbocycles. The van der Waals surface area contributed by atoms with Gasteiger partial charge in [0, 0.05) is 38.2 Å². The summed E-state index contributed by atoms with van der Waals surface area (Å²) in [5, 5.41) is 24.9. The number of aromatic nitrogens is 5. The lowest BCUT2D eigenvalue weighted by atomic mass is 9.98. The maximum Gasteiger partial charge on any atom is 0.187 e. The minimum absolute atomic E-state index is 0.405. The average Bonchev–Trinajstić information content (AvgIpc) is 1.54. The molecule has 0 aliphatic rings. The second-order valence-electron chi connectivity index (χ2n) is 24.4. The molecule has 3 heterocycles. The maximum atomic E-state index is 10.3. The van der Waals surface area contributed by atoms with Gasteiger partial charge in [0.2, 0.25) is 0 Å². The molecule has 14 aromatic carbocycles. The molecule has 0 atom stereocenters. The van der Waals surface area contributed by atoms with Crippen LogP contribution in [0.15, 0.2) is 328 Å². The smallest absolute Gasteiger partial charge is 0.187 e. The summed E-state index contributed by atoms with van der Waals surface area (Å²) < 4.78 is 4.68. The van der Waals surface area contributed by atoms with Crippen molar-refractivity contribution in [3.05, 3.63) is 350 Å². The predicted molar refractivity (Wildman–Crippen MR) is 399 cm³/mol. The van der Waals surface area contributed by atoms with E-state index in [0.29, 0.717) is 39.9 Å². The Hall–Kier alpha value is -13.8. The van der Waals surface area contributed by atoms with Gasteiger partial charge in [-0.15, -0.1) is 0 Å². The molecule has 0 fully saturated rings. The van der Waals surface area contributed by atoms with E-state index in [9.17, 15) is 10.5 Å². The third kappa shape index (κ3) is 10.5. The van der Waals surface area contributed by atoms with Gasteiger partial charge in [-0.25, -0.2) is 19.8 Å². The van der Waals surface area contributed by atoms with E-state index in [2.05, 4.69) is 232 Å². The first-order valence-corrected chi connectivity index (χ1v) is 32.4.